The molecule has 11 nitrogen and oxygen atoms in total. The van der Waals surface area contributed by atoms with Crippen molar-refractivity contribution in [1.82, 2.24) is 24.0 Å². The van der Waals surface area contributed by atoms with Gasteiger partial charge in [0.2, 0.25) is 10.0 Å². The van der Waals surface area contributed by atoms with E-state index in [0.717, 1.165) is 48.3 Å². The van der Waals surface area contributed by atoms with Crippen molar-refractivity contribution in [1.29, 1.82) is 0 Å². The van der Waals surface area contributed by atoms with Crippen LogP contribution in [0.25, 0.3) is 44.8 Å². The predicted octanol–water partition coefficient (Wildman–Crippen LogP) is 4.16. The maximum absolute atomic E-state index is 15.0. The minimum Gasteiger partial charge on any atom is -0.494 e. The highest BCUT2D eigenvalue weighted by molar-refractivity contribution is 7.89. The number of rotatable bonds is 7. The maximum Gasteiger partial charge on any atom is 0.254 e. The Hall–Kier alpha value is -4.40. The van der Waals surface area contributed by atoms with Gasteiger partial charge in [-0.25, -0.2) is 32.3 Å². The number of ether oxygens (including phenoxy) is 1. The van der Waals surface area contributed by atoms with Gasteiger partial charge < -0.3 is 24.5 Å². The van der Waals surface area contributed by atoms with E-state index in [1.165, 1.54) is 0 Å². The molecular weight excluding hydrogens is 628 g/mol. The van der Waals surface area contributed by atoms with Crippen LogP contribution in [-0.4, -0.2) is 64.1 Å². The zero-order chi connectivity index (χ0) is 32.9. The van der Waals surface area contributed by atoms with Crippen molar-refractivity contribution in [3.05, 3.63) is 59.7 Å². The molecule has 2 aliphatic carbocycles. The second kappa shape index (κ2) is 10.6. The van der Waals surface area contributed by atoms with Gasteiger partial charge in [-0.1, -0.05) is 0 Å². The van der Waals surface area contributed by atoms with Gasteiger partial charge in [-0.3, -0.25) is 4.79 Å². The molecular formula is C33H33F2N7O4S. The lowest BCUT2D eigenvalue weighted by Gasteiger charge is -2.27. The Morgan fingerprint density at radius 1 is 1.04 bits per heavy atom. The van der Waals surface area contributed by atoms with Crippen molar-refractivity contribution in [3.8, 4) is 28.5 Å². The summed E-state index contributed by atoms with van der Waals surface area (Å²) in [6.45, 7) is 1.28. The zero-order valence-corrected chi connectivity index (χ0v) is 26.6. The average molecular weight is 662 g/mol. The number of imidazole rings is 1. The molecule has 1 saturated heterocycles. The molecule has 0 radical (unpaired) electrons. The summed E-state index contributed by atoms with van der Waals surface area (Å²) in [4.78, 5) is 24.5. The number of hydrogen-bond acceptors (Lipinski definition) is 7. The Bertz CT molecular complexity index is 2240. The smallest absolute Gasteiger partial charge is 0.254 e. The number of aryl methyl sites for hydroxylation is 1. The molecule has 2 bridgehead atoms. The topological polar surface area (TPSA) is 151 Å². The highest BCUT2D eigenvalue weighted by Gasteiger charge is 2.47. The maximum atomic E-state index is 15.0. The van der Waals surface area contributed by atoms with Crippen LogP contribution >= 0.6 is 0 Å². The van der Waals surface area contributed by atoms with Crippen molar-refractivity contribution in [2.45, 2.75) is 49.2 Å². The highest BCUT2D eigenvalue weighted by Crippen LogP contribution is 2.40. The Balaban J connectivity index is 1.25. The van der Waals surface area contributed by atoms with Gasteiger partial charge >= 0.3 is 0 Å². The first-order valence-electron chi connectivity index (χ1n) is 15.6. The second-order valence-corrected chi connectivity index (χ2v) is 14.5. The molecule has 244 valence electrons. The van der Waals surface area contributed by atoms with E-state index >= 15 is 4.39 Å². The summed E-state index contributed by atoms with van der Waals surface area (Å²) in [5.41, 5.74) is 9.44. The van der Waals surface area contributed by atoms with Gasteiger partial charge in [0.05, 0.1) is 24.0 Å². The molecule has 14 heteroatoms. The van der Waals surface area contributed by atoms with Gasteiger partial charge in [-0.2, -0.15) is 0 Å². The number of primary sulfonamides is 1. The molecule has 8 rings (SSSR count). The van der Waals surface area contributed by atoms with E-state index in [1.807, 2.05) is 27.1 Å². The zero-order valence-electron chi connectivity index (χ0n) is 25.8. The van der Waals surface area contributed by atoms with Gasteiger partial charge in [-0.05, 0) is 73.9 Å². The Labute approximate surface area is 269 Å². The summed E-state index contributed by atoms with van der Waals surface area (Å²) >= 11 is 0. The number of likely N-dealkylation sites (tertiary alicyclic amines) is 1. The summed E-state index contributed by atoms with van der Waals surface area (Å²) in [7, 11) is -0.991. The number of pyridine rings is 1. The van der Waals surface area contributed by atoms with Crippen LogP contribution in [0.1, 0.15) is 36.0 Å². The van der Waals surface area contributed by atoms with Crippen molar-refractivity contribution in [2.75, 3.05) is 13.7 Å². The monoisotopic (exact) mass is 661 g/mol. The van der Waals surface area contributed by atoms with Gasteiger partial charge in [0.15, 0.2) is 5.82 Å². The van der Waals surface area contributed by atoms with Crippen LogP contribution in [0, 0.1) is 23.5 Å². The van der Waals surface area contributed by atoms with Gasteiger partial charge in [0.25, 0.3) is 5.91 Å². The van der Waals surface area contributed by atoms with Crippen molar-refractivity contribution >= 4 is 38.0 Å². The van der Waals surface area contributed by atoms with E-state index in [9.17, 15) is 17.6 Å². The molecule has 5 aromatic rings. The minimum absolute atomic E-state index is 0.00356. The average Bonchev–Trinajstić information content (AvgIpc) is 3.44. The minimum atomic E-state index is -4.44. The molecule has 2 aromatic carbocycles. The number of carbonyl (C=O) groups excluding carboxylic acids is 1. The molecule has 3 unspecified atom stereocenters. The fourth-order valence-corrected chi connectivity index (χ4v) is 8.03. The SMILES string of the molecule is COc1cc(C(=O)N2CC3CCC2C3N)cc2nc(-c3cc4ccc(-c5cc(S(N)(=O)=O)c(F)cc5F)nc4n3CC3CC3)n(C)c12. The first-order chi connectivity index (χ1) is 22.4. The Morgan fingerprint density at radius 2 is 1.83 bits per heavy atom. The third-order valence-corrected chi connectivity index (χ3v) is 11.0. The number of fused-ring (bicyclic) bond motifs is 4. The molecule has 3 aromatic heterocycles. The first kappa shape index (κ1) is 30.0. The number of aromatic nitrogens is 4. The molecule has 47 heavy (non-hydrogen) atoms. The van der Waals surface area contributed by atoms with Crippen molar-refractivity contribution < 1.29 is 26.7 Å². The Morgan fingerprint density at radius 3 is 2.49 bits per heavy atom. The van der Waals surface area contributed by atoms with Crippen molar-refractivity contribution in [2.24, 2.45) is 29.8 Å². The molecule has 3 atom stereocenters. The summed E-state index contributed by atoms with van der Waals surface area (Å²) in [5.74, 6) is -0.432. The fraction of sp³-hybridized carbons (Fsp3) is 0.364. The molecule has 4 N–H and O–H groups in total. The number of methoxy groups -OCH3 is 1. The number of hydrogen-bond donors (Lipinski definition) is 2. The lowest BCUT2D eigenvalue weighted by atomic mass is 10.1. The number of halogens is 2. The molecule has 3 fully saturated rings. The number of amides is 1. The summed E-state index contributed by atoms with van der Waals surface area (Å²) in [6, 6.07) is 10.3. The second-order valence-electron chi connectivity index (χ2n) is 13.0. The van der Waals surface area contributed by atoms with E-state index in [1.54, 1.807) is 31.4 Å². The fourth-order valence-electron chi connectivity index (χ4n) is 7.42. The normalized spacial score (nSPS) is 21.0. The third kappa shape index (κ3) is 4.80. The molecule has 1 aliphatic heterocycles. The van der Waals surface area contributed by atoms with Crippen LogP contribution in [-0.2, 0) is 23.6 Å². The number of sulfonamides is 1. The molecule has 1 amide bonds. The largest absolute Gasteiger partial charge is 0.494 e. The lowest BCUT2D eigenvalue weighted by Crippen LogP contribution is -2.41. The quantitative estimate of drug-likeness (QED) is 0.266. The first-order valence-corrected chi connectivity index (χ1v) is 17.1. The van der Waals surface area contributed by atoms with Crippen LogP contribution in [0.15, 0.2) is 47.4 Å². The molecule has 2 saturated carbocycles. The van der Waals surface area contributed by atoms with Gasteiger partial charge in [0.1, 0.15) is 33.4 Å². The lowest BCUT2D eigenvalue weighted by molar-refractivity contribution is 0.0700. The summed E-state index contributed by atoms with van der Waals surface area (Å²) < 4.78 is 63.0. The van der Waals surface area contributed by atoms with E-state index < -0.39 is 26.6 Å². The summed E-state index contributed by atoms with van der Waals surface area (Å²) in [6.07, 6.45) is 4.05. The van der Waals surface area contributed by atoms with Crippen LogP contribution in [0.2, 0.25) is 0 Å². The number of benzene rings is 2. The highest BCUT2D eigenvalue weighted by atomic mass is 32.2. The summed E-state index contributed by atoms with van der Waals surface area (Å²) in [5, 5.41) is 5.94. The Kier molecular flexibility index (Phi) is 6.73. The molecule has 0 spiro atoms. The van der Waals surface area contributed by atoms with E-state index in [0.29, 0.717) is 59.3 Å². The van der Waals surface area contributed by atoms with E-state index in [-0.39, 0.29) is 29.2 Å². The predicted molar refractivity (Wildman–Crippen MR) is 171 cm³/mol. The number of nitrogens with zero attached hydrogens (tertiary/aromatic N) is 5. The standard InChI is InChI=1S/C33H33F2N7O4S/c1-40-30-24(9-19(11-27(30)46-2)33(43)42-15-18-6-8-25(42)29(18)36)39-32(40)26-10-17-5-7-23(38-31(17)41(26)14-16-3-4-16)20-12-28(47(37,44)45)22(35)13-21(20)34/h5,7,9-13,16,18,25,29H,3-4,6,8,14-15,36H2,1-2H3,(H2,37,44,45). The van der Waals surface area contributed by atoms with Gasteiger partial charge in [-0.15, -0.1) is 0 Å². The van der Waals surface area contributed by atoms with Crippen LogP contribution in [0.4, 0.5) is 8.78 Å². The molecule has 3 aliphatic rings. The van der Waals surface area contributed by atoms with E-state index in [2.05, 4.69) is 0 Å². The van der Waals surface area contributed by atoms with Crippen LogP contribution in [0.3, 0.4) is 0 Å². The van der Waals surface area contributed by atoms with E-state index in [4.69, 9.17) is 25.6 Å². The van der Waals surface area contributed by atoms with Gasteiger partial charge in [0, 0.05) is 54.8 Å². The third-order valence-electron chi connectivity index (χ3n) is 10.0. The van der Waals surface area contributed by atoms with Crippen LogP contribution < -0.4 is 15.6 Å². The number of nitrogens with two attached hydrogens (primary N) is 2. The molecule has 4 heterocycles. The van der Waals surface area contributed by atoms with Crippen molar-refractivity contribution in [3.63, 3.8) is 0 Å². The number of carbonyl (C=O) groups is 1. The van der Waals surface area contributed by atoms with Crippen LogP contribution in [0.5, 0.6) is 5.75 Å². The number of piperidine rings is 1.